The number of rotatable bonds is 53. The second-order valence-corrected chi connectivity index (χ2v) is 42.1. The molecule has 8 aromatic rings. The van der Waals surface area contributed by atoms with Crippen LogP contribution in [0.2, 0.25) is 0 Å². The molecule has 7 amide bonds. The zero-order valence-electron chi connectivity index (χ0n) is 86.4. The minimum atomic E-state index is -1.06. The van der Waals surface area contributed by atoms with Crippen molar-refractivity contribution >= 4 is 93.2 Å². The molecule has 6 aliphatic rings. The molecule has 4 aromatic heterocycles. The summed E-state index contributed by atoms with van der Waals surface area (Å²) in [7, 11) is 0. The fourth-order valence-corrected chi connectivity index (χ4v) is 19.8. The van der Waals surface area contributed by atoms with Gasteiger partial charge in [0, 0.05) is 156 Å². The summed E-state index contributed by atoms with van der Waals surface area (Å²) in [5.74, 6) is -2.98. The van der Waals surface area contributed by atoms with Crippen LogP contribution in [0.3, 0.4) is 0 Å². The molecule has 0 bridgehead atoms. The molecule has 14 rings (SSSR count). The third-order valence-electron chi connectivity index (χ3n) is 26.3. The highest BCUT2D eigenvalue weighted by Gasteiger charge is 2.47. The Hall–Kier alpha value is -11.6. The number of ether oxygens (including phenoxy) is 6. The molecule has 0 radical (unpaired) electrons. The second kappa shape index (κ2) is 58.1. The Bertz CT molecular complexity index is 5670. The van der Waals surface area contributed by atoms with Crippen molar-refractivity contribution in [2.45, 2.75) is 194 Å². The zero-order chi connectivity index (χ0) is 107. The van der Waals surface area contributed by atoms with Gasteiger partial charge < -0.3 is 107 Å². The monoisotopic (exact) mass is 2100 g/mol. The fourth-order valence-electron chi connectivity index (χ4n) is 18.2. The van der Waals surface area contributed by atoms with Crippen LogP contribution in [0.1, 0.15) is 146 Å². The van der Waals surface area contributed by atoms with Crippen molar-refractivity contribution in [3.63, 3.8) is 0 Å². The SMILES string of the molecule is Cc1ncsc1-c1ccc(CNC(=O)[C@@H]2C[C@@H](O)CN2C(=O)[C@@H](NC(=O)COCCOCCOCC(=O)NCCN2CC(Nc3cc(C(=O)CC[C@H](O)CN4CCc5ccccc5C4)ncn3)C2)C(C)(C)C)cc1.Cc1ncsc1-c1ccc(CNC(=O)[C@@H]2C[C@@H](O)CN2C(=O)[C@@H](NC(=O)COCCOCCOCC(=O)O)C(C)(C)C)cc1.NCCN1CC(Nc2cc(C(=O)CC[C@H](O)CN3CCc4ccccc4C3)ncn2)C1. The molecule has 149 heavy (non-hydrogen) atoms. The van der Waals surface area contributed by atoms with Crippen LogP contribution in [0.5, 0.6) is 0 Å². The first-order chi connectivity index (χ1) is 71.6. The van der Waals surface area contributed by atoms with E-state index in [0.717, 1.165) is 115 Å². The van der Waals surface area contributed by atoms with Gasteiger partial charge in [0.15, 0.2) is 11.6 Å². The number of aryl methyl sites for hydroxylation is 2. The number of thiazole rings is 2. The van der Waals surface area contributed by atoms with E-state index in [2.05, 4.69) is 129 Å². The first kappa shape index (κ1) is 116. The van der Waals surface area contributed by atoms with Gasteiger partial charge in [-0.1, -0.05) is 139 Å². The lowest BCUT2D eigenvalue weighted by atomic mass is 9.85. The highest BCUT2D eigenvalue weighted by atomic mass is 32.1. The highest BCUT2D eigenvalue weighted by Crippen LogP contribution is 2.33. The molecule has 8 atom stereocenters. The standard InChI is InChI=1S/C53H72N10O10S.C30H42N4O9S.C23H32N6O2/c1-35-49(74-34-58-35)38-11-9-36(10-12-38)25-55-51(69)44-23-42(65)30-63(44)52(70)50(53(2,3)4)60-48(68)32-73-22-20-71-19-21-72-31-47(67)54-16-18-62-27-40(28-62)59-46-24-43(56-33-57-46)45(66)14-13-41(64)29-61-17-15-37-7-5-6-8-39(37)26-61;1-19-26(44-18-32-19)21-7-5-20(6-8-21)14-31-28(39)23-13-22(35)15-34(23)29(40)27(30(2,3)4)33-24(36)16-42-11-9-41-10-12-43-17-25(37)38;24-8-10-29-13-19(14-29)27-23-11-21(25-16-26-23)22(31)6-5-20(30)15-28-9-7-17-3-1-2-4-18(17)12-28/h5-12,24,33-34,40-42,44,50,64-65H,13-23,25-32H2,1-4H3,(H,54,67)(H,55,69)(H,60,68)(H,56,57,59);5-8,18,22-23,27,35H,9-17H2,1-4H3,(H,31,39)(H,33,36)(H,37,38);1-4,11,16,19-20,30H,5-10,12-15,24H2,(H,25,26,27)/t41-,42+,44-,50+;22-,23+,27-;20-/m010/s1. The molecule has 0 unspecified atom stereocenters. The minimum Gasteiger partial charge on any atom is -0.480 e. The molecule has 14 N–H and O–H groups in total. The quantitative estimate of drug-likeness (QED) is 0.0182. The van der Waals surface area contributed by atoms with Gasteiger partial charge >= 0.3 is 5.97 Å². The average Bonchev–Trinajstić information content (AvgIpc) is 1.68. The Morgan fingerprint density at radius 1 is 0.463 bits per heavy atom. The van der Waals surface area contributed by atoms with E-state index < -0.39 is 95.6 Å². The number of β-amino-alcohol motifs (C(OH)–C–C–N with tert-alkyl or cyclic N) is 4. The number of hydrogen-bond donors (Lipinski definition) is 13. The number of aliphatic carboxylic acids is 1. The van der Waals surface area contributed by atoms with Crippen LogP contribution in [0, 0.1) is 24.7 Å². The van der Waals surface area contributed by atoms with E-state index in [-0.39, 0.29) is 160 Å². The lowest BCUT2D eigenvalue weighted by Crippen LogP contribution is -2.58. The Morgan fingerprint density at radius 2 is 0.846 bits per heavy atom. The van der Waals surface area contributed by atoms with Gasteiger partial charge in [0.25, 0.3) is 0 Å². The number of fused-ring (bicyclic) bond motifs is 2. The van der Waals surface area contributed by atoms with Crippen LogP contribution < -0.4 is 43.0 Å². The molecule has 4 aromatic carbocycles. The van der Waals surface area contributed by atoms with Crippen molar-refractivity contribution in [3.05, 3.63) is 189 Å². The number of aliphatic hydroxyl groups excluding tert-OH is 4. The zero-order valence-corrected chi connectivity index (χ0v) is 88.0. The van der Waals surface area contributed by atoms with E-state index >= 15 is 0 Å². The van der Waals surface area contributed by atoms with Crippen molar-refractivity contribution in [2.24, 2.45) is 16.6 Å². The molecule has 0 saturated carbocycles. The number of anilines is 2. The number of nitrogens with two attached hydrogens (primary N) is 1. The number of aromatic nitrogens is 6. The fraction of sp³-hybridized carbons (Fsp3) is 0.547. The first-order valence-electron chi connectivity index (χ1n) is 50.9. The number of carbonyl (C=O) groups is 10. The molecule has 808 valence electrons. The molecular formula is C106H146N20O21S2. The van der Waals surface area contributed by atoms with Crippen LogP contribution in [0.15, 0.2) is 133 Å². The molecule has 4 fully saturated rings. The second-order valence-electron chi connectivity index (χ2n) is 40.4. The Labute approximate surface area is 877 Å². The third kappa shape index (κ3) is 37.2. The molecule has 6 aliphatic heterocycles. The molecule has 4 saturated heterocycles. The summed E-state index contributed by atoms with van der Waals surface area (Å²) in [5, 5.41) is 71.5. The maximum Gasteiger partial charge on any atom is 0.329 e. The Kier molecular flexibility index (Phi) is 45.3. The molecule has 0 spiro atoms. The average molecular weight is 2100 g/mol. The predicted molar refractivity (Wildman–Crippen MR) is 560 cm³/mol. The van der Waals surface area contributed by atoms with Gasteiger partial charge in [0.2, 0.25) is 41.4 Å². The van der Waals surface area contributed by atoms with Gasteiger partial charge in [-0.15, -0.1) is 22.7 Å². The third-order valence-corrected chi connectivity index (χ3v) is 28.3. The maximum absolute atomic E-state index is 13.9. The van der Waals surface area contributed by atoms with E-state index in [1.54, 1.807) is 66.6 Å². The van der Waals surface area contributed by atoms with Crippen LogP contribution >= 0.6 is 22.7 Å². The van der Waals surface area contributed by atoms with Gasteiger partial charge in [0.05, 0.1) is 122 Å². The largest absolute Gasteiger partial charge is 0.480 e. The summed E-state index contributed by atoms with van der Waals surface area (Å²) in [5.41, 5.74) is 19.6. The van der Waals surface area contributed by atoms with E-state index in [1.165, 1.54) is 44.7 Å². The summed E-state index contributed by atoms with van der Waals surface area (Å²) in [6, 6.07) is 32.6. The summed E-state index contributed by atoms with van der Waals surface area (Å²) in [6.07, 6.45) is 3.31. The van der Waals surface area contributed by atoms with Crippen molar-refractivity contribution in [1.82, 2.24) is 85.9 Å². The topological polar surface area (TPSA) is 534 Å². The van der Waals surface area contributed by atoms with Crippen LogP contribution in [-0.4, -0.2) is 375 Å². The number of benzene rings is 4. The van der Waals surface area contributed by atoms with Gasteiger partial charge in [0.1, 0.15) is 86.3 Å². The van der Waals surface area contributed by atoms with E-state index in [4.69, 9.17) is 39.3 Å². The van der Waals surface area contributed by atoms with Gasteiger partial charge in [-0.25, -0.2) is 34.7 Å². The number of carboxylic acids is 1. The number of carbonyl (C=O) groups excluding carboxylic acids is 9. The summed E-state index contributed by atoms with van der Waals surface area (Å²) < 4.78 is 31.9. The van der Waals surface area contributed by atoms with Crippen molar-refractivity contribution < 1.29 is 102 Å². The number of ketones is 2. The van der Waals surface area contributed by atoms with Crippen molar-refractivity contribution in [2.75, 3.05) is 182 Å². The molecule has 41 nitrogen and oxygen atoms in total. The number of hydrogen-bond acceptors (Lipinski definition) is 35. The van der Waals surface area contributed by atoms with E-state index in [9.17, 15) is 68.4 Å². The van der Waals surface area contributed by atoms with E-state index in [1.807, 2.05) is 89.2 Å². The molecular weight excluding hydrogens is 1950 g/mol. The Morgan fingerprint density at radius 3 is 1.23 bits per heavy atom. The van der Waals surface area contributed by atoms with Crippen LogP contribution in [-0.2, 0) is 106 Å². The highest BCUT2D eigenvalue weighted by molar-refractivity contribution is 7.13. The van der Waals surface area contributed by atoms with Gasteiger partial charge in [-0.05, 0) is 94.9 Å². The number of carboxylic acid groups (broad SMARTS) is 1. The number of nitrogens with one attached hydrogen (secondary N) is 7. The lowest BCUT2D eigenvalue weighted by Gasteiger charge is -2.39. The van der Waals surface area contributed by atoms with Crippen molar-refractivity contribution in [1.29, 1.82) is 0 Å². The maximum atomic E-state index is 13.9. The minimum absolute atomic E-state index is 0.0215. The van der Waals surface area contributed by atoms with Crippen LogP contribution in [0.4, 0.5) is 11.6 Å². The van der Waals surface area contributed by atoms with Gasteiger partial charge in [-0.2, -0.15) is 0 Å². The summed E-state index contributed by atoms with van der Waals surface area (Å²) in [4.78, 5) is 167. The Balaban J connectivity index is 0.000000221. The van der Waals surface area contributed by atoms with Crippen LogP contribution in [0.25, 0.3) is 20.9 Å². The first-order valence-corrected chi connectivity index (χ1v) is 52.7. The van der Waals surface area contributed by atoms with Crippen molar-refractivity contribution in [3.8, 4) is 20.9 Å². The van der Waals surface area contributed by atoms with Gasteiger partial charge in [-0.3, -0.25) is 62.8 Å². The smallest absolute Gasteiger partial charge is 0.329 e. The summed E-state index contributed by atoms with van der Waals surface area (Å²) in [6.45, 7) is 25.9. The molecule has 0 aliphatic carbocycles. The van der Waals surface area contributed by atoms with E-state index in [0.29, 0.717) is 74.6 Å². The predicted octanol–water partition coefficient (Wildman–Crippen LogP) is 4.64. The number of amides is 7. The number of nitrogens with zero attached hydrogens (tertiary/aromatic N) is 12. The molecule has 43 heteroatoms. The normalized spacial score (nSPS) is 17.9. The summed E-state index contributed by atoms with van der Waals surface area (Å²) >= 11 is 3.13. The number of aliphatic hydroxyl groups is 4. The lowest BCUT2D eigenvalue weighted by molar-refractivity contribution is -0.144. The molecule has 10 heterocycles. The number of likely N-dealkylation sites (tertiary alicyclic amines) is 4. The number of Topliss-reactive ketones (excluding diaryl/α,β-unsaturated/α-hetero) is 2.